The van der Waals surface area contributed by atoms with Crippen LogP contribution >= 0.6 is 23.5 Å². The van der Waals surface area contributed by atoms with Crippen molar-refractivity contribution in [2.75, 3.05) is 23.9 Å². The van der Waals surface area contributed by atoms with Crippen LogP contribution in [0.5, 0.6) is 0 Å². The van der Waals surface area contributed by atoms with Crippen molar-refractivity contribution in [3.8, 4) is 0 Å². The van der Waals surface area contributed by atoms with Crippen molar-refractivity contribution < 1.29 is 14.3 Å². The second kappa shape index (κ2) is 6.49. The van der Waals surface area contributed by atoms with Gasteiger partial charge in [-0.3, -0.25) is 4.79 Å². The molecule has 5 heteroatoms. The zero-order chi connectivity index (χ0) is 14.0. The van der Waals surface area contributed by atoms with E-state index in [9.17, 15) is 4.79 Å². The first-order chi connectivity index (χ1) is 9.76. The molecule has 0 N–H and O–H groups in total. The van der Waals surface area contributed by atoms with Crippen LogP contribution in [0.1, 0.15) is 39.0 Å². The van der Waals surface area contributed by atoms with Crippen LogP contribution in [0.4, 0.5) is 0 Å². The molecule has 0 bridgehead atoms. The Balaban J connectivity index is 1.58. The second-order valence-electron chi connectivity index (χ2n) is 5.98. The molecule has 2 saturated carbocycles. The van der Waals surface area contributed by atoms with E-state index in [-0.39, 0.29) is 22.7 Å². The summed E-state index contributed by atoms with van der Waals surface area (Å²) in [7, 11) is 0. The highest BCUT2D eigenvalue weighted by Gasteiger charge is 2.59. The Morgan fingerprint density at radius 2 is 2.05 bits per heavy atom. The van der Waals surface area contributed by atoms with Gasteiger partial charge in [-0.15, -0.1) is 11.8 Å². The van der Waals surface area contributed by atoms with Crippen LogP contribution in [0.2, 0.25) is 0 Å². The van der Waals surface area contributed by atoms with Gasteiger partial charge < -0.3 is 9.47 Å². The lowest BCUT2D eigenvalue weighted by atomic mass is 9.62. The molecule has 2 aliphatic carbocycles. The number of hydrogen-bond acceptors (Lipinski definition) is 5. The van der Waals surface area contributed by atoms with Gasteiger partial charge in [-0.25, -0.2) is 0 Å². The average molecular weight is 316 g/mol. The maximum Gasteiger partial charge on any atom is 0.320 e. The Morgan fingerprint density at radius 1 is 1.25 bits per heavy atom. The molecule has 0 amide bonds. The summed E-state index contributed by atoms with van der Waals surface area (Å²) in [6.07, 6.45) is 6.19. The lowest BCUT2D eigenvalue weighted by Crippen LogP contribution is -2.59. The van der Waals surface area contributed by atoms with Gasteiger partial charge in [0.1, 0.15) is 11.4 Å². The Morgan fingerprint density at radius 3 is 2.70 bits per heavy atom. The highest BCUT2D eigenvalue weighted by Crippen LogP contribution is 2.56. The second-order valence-corrected chi connectivity index (χ2v) is 8.44. The fourth-order valence-corrected chi connectivity index (χ4v) is 6.35. The fourth-order valence-electron chi connectivity index (χ4n) is 3.83. The van der Waals surface area contributed by atoms with Crippen molar-refractivity contribution in [2.45, 2.75) is 56.5 Å². The van der Waals surface area contributed by atoms with Crippen LogP contribution < -0.4 is 0 Å². The van der Waals surface area contributed by atoms with Crippen molar-refractivity contribution in [3.05, 3.63) is 0 Å². The zero-order valence-corrected chi connectivity index (χ0v) is 13.8. The molecule has 1 aliphatic heterocycles. The maximum absolute atomic E-state index is 12.3. The van der Waals surface area contributed by atoms with E-state index in [0.29, 0.717) is 6.10 Å². The molecule has 20 heavy (non-hydrogen) atoms. The molecule has 1 spiro atoms. The van der Waals surface area contributed by atoms with Crippen molar-refractivity contribution >= 4 is 29.5 Å². The molecule has 3 atom stereocenters. The summed E-state index contributed by atoms with van der Waals surface area (Å²) in [6.45, 7) is 2.82. The number of carbonyl (C=O) groups is 1. The van der Waals surface area contributed by atoms with E-state index in [4.69, 9.17) is 9.47 Å². The normalized spacial score (nSPS) is 35.8. The number of carbonyl (C=O) groups excluding carboxylic acids is 1. The molecule has 1 heterocycles. The summed E-state index contributed by atoms with van der Waals surface area (Å²) >= 11 is 3.63. The van der Waals surface area contributed by atoms with E-state index >= 15 is 0 Å². The summed E-state index contributed by atoms with van der Waals surface area (Å²) in [6, 6.07) is 0. The molecule has 3 fully saturated rings. The van der Waals surface area contributed by atoms with Gasteiger partial charge in [0.2, 0.25) is 0 Å². The standard InChI is InChI=1S/C15H24O3S2/c1-2-17-12-9-13(15(12)5-3-4-6-15)18-14(16)11-10-19-7-8-20-11/h11-13H,2-10H2,1H3/t11-,12+,13+/m0/s1. The highest BCUT2D eigenvalue weighted by molar-refractivity contribution is 8.07. The molecule has 0 aromatic carbocycles. The van der Waals surface area contributed by atoms with E-state index in [1.807, 2.05) is 11.8 Å². The third-order valence-corrected chi connectivity index (χ3v) is 7.68. The minimum Gasteiger partial charge on any atom is -0.461 e. The lowest BCUT2D eigenvalue weighted by Gasteiger charge is -2.52. The first kappa shape index (κ1) is 15.0. The largest absolute Gasteiger partial charge is 0.461 e. The predicted octanol–water partition coefficient (Wildman–Crippen LogP) is 3.12. The van der Waals surface area contributed by atoms with Gasteiger partial charge in [-0.2, -0.15) is 11.8 Å². The molecule has 114 valence electrons. The number of rotatable bonds is 4. The molecule has 3 rings (SSSR count). The number of thioether (sulfide) groups is 2. The average Bonchev–Trinajstić information content (AvgIpc) is 2.99. The summed E-state index contributed by atoms with van der Waals surface area (Å²) in [5.74, 6) is 3.17. The van der Waals surface area contributed by atoms with Gasteiger partial charge >= 0.3 is 5.97 Å². The number of esters is 1. The predicted molar refractivity (Wildman–Crippen MR) is 84.4 cm³/mol. The molecular formula is C15H24O3S2. The van der Waals surface area contributed by atoms with Crippen molar-refractivity contribution in [1.82, 2.24) is 0 Å². The molecule has 0 aromatic heterocycles. The number of hydrogen-bond donors (Lipinski definition) is 0. The first-order valence-electron chi connectivity index (χ1n) is 7.78. The van der Waals surface area contributed by atoms with Gasteiger partial charge in [0.05, 0.1) is 6.10 Å². The number of ether oxygens (including phenoxy) is 2. The third-order valence-electron chi connectivity index (χ3n) is 4.95. The van der Waals surface area contributed by atoms with E-state index < -0.39 is 0 Å². The summed E-state index contributed by atoms with van der Waals surface area (Å²) in [4.78, 5) is 12.3. The van der Waals surface area contributed by atoms with E-state index in [0.717, 1.165) is 30.3 Å². The monoisotopic (exact) mass is 316 g/mol. The van der Waals surface area contributed by atoms with E-state index in [1.165, 1.54) is 25.7 Å². The lowest BCUT2D eigenvalue weighted by molar-refractivity contribution is -0.210. The molecule has 3 nitrogen and oxygen atoms in total. The Kier molecular flexibility index (Phi) is 4.88. The maximum atomic E-state index is 12.3. The SMILES string of the molecule is CCO[C@@H]1C[C@@H](OC(=O)[C@@H]2CSCCS2)C12CCCC2. The van der Waals surface area contributed by atoms with Gasteiger partial charge in [-0.1, -0.05) is 12.8 Å². The summed E-state index contributed by atoms with van der Waals surface area (Å²) < 4.78 is 11.8. The Labute approximate surface area is 129 Å². The molecule has 0 unspecified atom stereocenters. The summed E-state index contributed by atoms with van der Waals surface area (Å²) in [5.41, 5.74) is 0.151. The van der Waals surface area contributed by atoms with Crippen molar-refractivity contribution in [1.29, 1.82) is 0 Å². The van der Waals surface area contributed by atoms with Crippen LogP contribution in [-0.4, -0.2) is 47.3 Å². The first-order valence-corrected chi connectivity index (χ1v) is 9.98. The highest BCUT2D eigenvalue weighted by atomic mass is 32.2. The van der Waals surface area contributed by atoms with Gasteiger partial charge in [0, 0.05) is 35.7 Å². The van der Waals surface area contributed by atoms with E-state index in [1.54, 1.807) is 11.8 Å². The van der Waals surface area contributed by atoms with Crippen molar-refractivity contribution in [3.63, 3.8) is 0 Å². The van der Waals surface area contributed by atoms with Gasteiger partial charge in [-0.05, 0) is 19.8 Å². The zero-order valence-electron chi connectivity index (χ0n) is 12.1. The van der Waals surface area contributed by atoms with Gasteiger partial charge in [0.25, 0.3) is 0 Å². The Hall–Kier alpha value is 0.130. The smallest absolute Gasteiger partial charge is 0.320 e. The van der Waals surface area contributed by atoms with Gasteiger partial charge in [0.15, 0.2) is 0 Å². The molecular weight excluding hydrogens is 292 g/mol. The summed E-state index contributed by atoms with van der Waals surface area (Å²) in [5, 5.41) is 0.0540. The van der Waals surface area contributed by atoms with Crippen LogP contribution in [0.3, 0.4) is 0 Å². The minimum atomic E-state index is 0.0217. The van der Waals surface area contributed by atoms with Crippen LogP contribution in [-0.2, 0) is 14.3 Å². The fraction of sp³-hybridized carbons (Fsp3) is 0.933. The third kappa shape index (κ3) is 2.73. The van der Waals surface area contributed by atoms with Crippen molar-refractivity contribution in [2.24, 2.45) is 5.41 Å². The molecule has 0 aromatic rings. The molecule has 3 aliphatic rings. The van der Waals surface area contributed by atoms with Crippen LogP contribution in [0, 0.1) is 5.41 Å². The van der Waals surface area contributed by atoms with E-state index in [2.05, 4.69) is 6.92 Å². The minimum absolute atomic E-state index is 0.0217. The topological polar surface area (TPSA) is 35.5 Å². The molecule has 0 radical (unpaired) electrons. The molecule has 1 saturated heterocycles. The quantitative estimate of drug-likeness (QED) is 0.745. The van der Waals surface area contributed by atoms with Crippen LogP contribution in [0.25, 0.3) is 0 Å². The van der Waals surface area contributed by atoms with Crippen LogP contribution in [0.15, 0.2) is 0 Å². The Bertz CT molecular complexity index is 349.